The maximum atomic E-state index is 15.3. The molecular formula is C19H16F2N2O3. The van der Waals surface area contributed by atoms with Crippen LogP contribution in [0.3, 0.4) is 0 Å². The molecule has 0 amide bonds. The van der Waals surface area contributed by atoms with Crippen molar-refractivity contribution in [3.8, 4) is 11.1 Å². The molecule has 2 aromatic heterocycles. The number of aromatic nitrogens is 2. The summed E-state index contributed by atoms with van der Waals surface area (Å²) in [6.45, 7) is 3.63. The van der Waals surface area contributed by atoms with Gasteiger partial charge in [-0.2, -0.15) is 0 Å². The predicted molar refractivity (Wildman–Crippen MR) is 93.4 cm³/mol. The number of pyridine rings is 2. The highest BCUT2D eigenvalue weighted by Gasteiger charge is 2.25. The first-order valence-electron chi connectivity index (χ1n) is 8.13. The van der Waals surface area contributed by atoms with Gasteiger partial charge in [-0.25, -0.2) is 13.6 Å². The highest BCUT2D eigenvalue weighted by atomic mass is 19.1. The van der Waals surface area contributed by atoms with Gasteiger partial charge < -0.3 is 9.67 Å². The van der Waals surface area contributed by atoms with Gasteiger partial charge in [0.1, 0.15) is 11.4 Å². The molecule has 1 N–H and O–H groups in total. The normalized spacial score (nSPS) is 11.1. The van der Waals surface area contributed by atoms with E-state index in [1.54, 1.807) is 13.8 Å². The van der Waals surface area contributed by atoms with Crippen molar-refractivity contribution in [2.75, 3.05) is 0 Å². The highest BCUT2D eigenvalue weighted by molar-refractivity contribution is 5.95. The second-order valence-electron chi connectivity index (χ2n) is 5.73. The van der Waals surface area contributed by atoms with Crippen molar-refractivity contribution < 1.29 is 18.7 Å². The Labute approximate surface area is 147 Å². The van der Waals surface area contributed by atoms with Crippen LogP contribution < -0.4 is 5.43 Å². The van der Waals surface area contributed by atoms with Gasteiger partial charge in [0.15, 0.2) is 5.82 Å². The number of benzene rings is 1. The van der Waals surface area contributed by atoms with Gasteiger partial charge in [-0.1, -0.05) is 6.92 Å². The average molecular weight is 358 g/mol. The second kappa shape index (κ2) is 6.67. The molecule has 7 heteroatoms. The van der Waals surface area contributed by atoms with Crippen molar-refractivity contribution in [1.82, 2.24) is 9.55 Å². The number of hydrogen-bond acceptors (Lipinski definition) is 3. The number of halogens is 2. The van der Waals surface area contributed by atoms with Crippen LogP contribution in [0.1, 0.15) is 29.9 Å². The molecule has 0 saturated heterocycles. The molecule has 0 aliphatic carbocycles. The standard InChI is InChI=1S/C19H16F2N2O3/c1-3-13-15(19(25)26)18(24)11-9-12(20)14(10-5-7-22-8-6-10)16(21)17(11)23(13)4-2/h5-9H,3-4H2,1-2H3,(H,25,26). The van der Waals surface area contributed by atoms with E-state index in [-0.39, 0.29) is 40.7 Å². The molecular weight excluding hydrogens is 342 g/mol. The van der Waals surface area contributed by atoms with E-state index in [4.69, 9.17) is 0 Å². The molecule has 134 valence electrons. The fourth-order valence-corrected chi connectivity index (χ4v) is 3.30. The van der Waals surface area contributed by atoms with Gasteiger partial charge >= 0.3 is 5.97 Å². The number of rotatable bonds is 4. The Morgan fingerprint density at radius 2 is 1.88 bits per heavy atom. The molecule has 0 saturated carbocycles. The molecule has 26 heavy (non-hydrogen) atoms. The summed E-state index contributed by atoms with van der Waals surface area (Å²) in [7, 11) is 0. The number of fused-ring (bicyclic) bond motifs is 1. The predicted octanol–water partition coefficient (Wildman–Crippen LogP) is 3.62. The lowest BCUT2D eigenvalue weighted by atomic mass is 9.99. The fourth-order valence-electron chi connectivity index (χ4n) is 3.30. The Bertz CT molecular complexity index is 1080. The molecule has 0 atom stereocenters. The van der Waals surface area contributed by atoms with Crippen LogP contribution in [0.15, 0.2) is 35.4 Å². The van der Waals surface area contributed by atoms with E-state index in [0.29, 0.717) is 0 Å². The Balaban J connectivity index is 2.56. The highest BCUT2D eigenvalue weighted by Crippen LogP contribution is 2.32. The summed E-state index contributed by atoms with van der Waals surface area (Å²) in [6.07, 6.45) is 3.05. The van der Waals surface area contributed by atoms with Gasteiger partial charge in [0, 0.05) is 24.6 Å². The number of nitrogens with zero attached hydrogens (tertiary/aromatic N) is 2. The zero-order chi connectivity index (χ0) is 19.0. The zero-order valence-corrected chi connectivity index (χ0v) is 14.2. The van der Waals surface area contributed by atoms with Crippen molar-refractivity contribution in [2.24, 2.45) is 0 Å². The van der Waals surface area contributed by atoms with Crippen molar-refractivity contribution in [2.45, 2.75) is 26.8 Å². The average Bonchev–Trinajstić information content (AvgIpc) is 2.62. The molecule has 0 bridgehead atoms. The lowest BCUT2D eigenvalue weighted by molar-refractivity contribution is 0.0693. The van der Waals surface area contributed by atoms with Gasteiger partial charge in [0.05, 0.1) is 16.5 Å². The first-order valence-corrected chi connectivity index (χ1v) is 8.13. The maximum absolute atomic E-state index is 15.3. The van der Waals surface area contributed by atoms with E-state index in [1.807, 2.05) is 0 Å². The second-order valence-corrected chi connectivity index (χ2v) is 5.73. The van der Waals surface area contributed by atoms with Crippen LogP contribution in [0.5, 0.6) is 0 Å². The van der Waals surface area contributed by atoms with Gasteiger partial charge in [0.25, 0.3) is 0 Å². The van der Waals surface area contributed by atoms with Crippen molar-refractivity contribution >= 4 is 16.9 Å². The molecule has 0 unspecified atom stereocenters. The van der Waals surface area contributed by atoms with Crippen LogP contribution in [0.25, 0.3) is 22.0 Å². The zero-order valence-electron chi connectivity index (χ0n) is 14.2. The monoisotopic (exact) mass is 358 g/mol. The summed E-state index contributed by atoms with van der Waals surface area (Å²) >= 11 is 0. The minimum atomic E-state index is -1.41. The largest absolute Gasteiger partial charge is 0.477 e. The lowest BCUT2D eigenvalue weighted by Gasteiger charge is -2.19. The van der Waals surface area contributed by atoms with E-state index in [1.165, 1.54) is 29.1 Å². The van der Waals surface area contributed by atoms with Gasteiger partial charge in [-0.05, 0) is 37.1 Å². The molecule has 3 rings (SSSR count). The number of hydrogen-bond donors (Lipinski definition) is 1. The van der Waals surface area contributed by atoms with Crippen LogP contribution in [-0.4, -0.2) is 20.6 Å². The molecule has 0 fully saturated rings. The number of aromatic carboxylic acids is 1. The van der Waals surface area contributed by atoms with Gasteiger partial charge in [-0.3, -0.25) is 9.78 Å². The number of aryl methyl sites for hydroxylation is 1. The molecule has 1 aromatic carbocycles. The molecule has 2 heterocycles. The third-order valence-electron chi connectivity index (χ3n) is 4.38. The summed E-state index contributed by atoms with van der Waals surface area (Å²) < 4.78 is 31.4. The lowest BCUT2D eigenvalue weighted by Crippen LogP contribution is -2.25. The minimum absolute atomic E-state index is 0.0902. The number of carbonyl (C=O) groups is 1. The Morgan fingerprint density at radius 3 is 2.42 bits per heavy atom. The number of carboxylic acids is 1. The Hall–Kier alpha value is -3.09. The van der Waals surface area contributed by atoms with Crippen LogP contribution in [0, 0.1) is 11.6 Å². The minimum Gasteiger partial charge on any atom is -0.477 e. The maximum Gasteiger partial charge on any atom is 0.341 e. The fraction of sp³-hybridized carbons (Fsp3) is 0.211. The SMILES string of the molecule is CCc1c(C(=O)O)c(=O)c2cc(F)c(-c3ccncc3)c(F)c2n1CC. The van der Waals surface area contributed by atoms with E-state index in [0.717, 1.165) is 6.07 Å². The van der Waals surface area contributed by atoms with E-state index >= 15 is 4.39 Å². The van der Waals surface area contributed by atoms with E-state index in [2.05, 4.69) is 4.98 Å². The van der Waals surface area contributed by atoms with Crippen LogP contribution >= 0.6 is 0 Å². The van der Waals surface area contributed by atoms with Gasteiger partial charge in [0.2, 0.25) is 5.43 Å². The third kappa shape index (κ3) is 2.56. The van der Waals surface area contributed by atoms with Crippen LogP contribution in [-0.2, 0) is 13.0 Å². The van der Waals surface area contributed by atoms with Gasteiger partial charge in [-0.15, -0.1) is 0 Å². The quantitative estimate of drug-likeness (QED) is 0.773. The van der Waals surface area contributed by atoms with Crippen molar-refractivity contribution in [3.05, 3.63) is 63.7 Å². The molecule has 0 radical (unpaired) electrons. The molecule has 5 nitrogen and oxygen atoms in total. The smallest absolute Gasteiger partial charge is 0.341 e. The van der Waals surface area contributed by atoms with E-state index in [9.17, 15) is 19.1 Å². The summed E-state index contributed by atoms with van der Waals surface area (Å²) in [6, 6.07) is 3.84. The van der Waals surface area contributed by atoms with Crippen LogP contribution in [0.4, 0.5) is 8.78 Å². The van der Waals surface area contributed by atoms with E-state index < -0.39 is 28.6 Å². The summed E-state index contributed by atoms with van der Waals surface area (Å²) in [5.74, 6) is -3.23. The third-order valence-corrected chi connectivity index (χ3v) is 4.38. The summed E-state index contributed by atoms with van der Waals surface area (Å²) in [5.41, 5.74) is -1.19. The first kappa shape index (κ1) is 17.7. The van der Waals surface area contributed by atoms with Crippen molar-refractivity contribution in [1.29, 1.82) is 0 Å². The Kier molecular flexibility index (Phi) is 4.54. The first-order chi connectivity index (χ1) is 12.4. The summed E-state index contributed by atoms with van der Waals surface area (Å²) in [4.78, 5) is 28.0. The molecule has 0 aliphatic rings. The topological polar surface area (TPSA) is 72.2 Å². The molecule has 0 spiro atoms. The van der Waals surface area contributed by atoms with Crippen LogP contribution in [0.2, 0.25) is 0 Å². The Morgan fingerprint density at radius 1 is 1.23 bits per heavy atom. The summed E-state index contributed by atoms with van der Waals surface area (Å²) in [5, 5.41) is 9.14. The van der Waals surface area contributed by atoms with Crippen molar-refractivity contribution in [3.63, 3.8) is 0 Å². The molecule has 0 aliphatic heterocycles. The molecule has 3 aromatic rings. The number of carboxylic acid groups (broad SMARTS) is 1.